The number of nitrogens with one attached hydrogen (secondary N) is 1. The Bertz CT molecular complexity index is 394. The molecule has 1 aromatic carbocycles. The molecule has 2 rings (SSSR count). The minimum Gasteiger partial charge on any atom is -0.496 e. The Morgan fingerprint density at radius 2 is 2.00 bits per heavy atom. The Morgan fingerprint density at radius 1 is 1.33 bits per heavy atom. The summed E-state index contributed by atoms with van der Waals surface area (Å²) in [6, 6.07) is 5.09. The van der Waals surface area contributed by atoms with Gasteiger partial charge in [-0.05, 0) is 37.5 Å². The normalized spacial score (nSPS) is 21.0. The third-order valence-electron chi connectivity index (χ3n) is 3.58. The smallest absolute Gasteiger partial charge is 0.124 e. The lowest BCUT2D eigenvalue weighted by atomic mass is 10.0. The van der Waals surface area contributed by atoms with Crippen molar-refractivity contribution in [1.29, 1.82) is 0 Å². The zero-order chi connectivity index (χ0) is 13.1. The molecule has 18 heavy (non-hydrogen) atoms. The van der Waals surface area contributed by atoms with Gasteiger partial charge < -0.3 is 10.1 Å². The number of aryl methyl sites for hydroxylation is 2. The Labute approximate surface area is 110 Å². The molecule has 1 fully saturated rings. The van der Waals surface area contributed by atoms with Crippen LogP contribution >= 0.6 is 0 Å². The molecule has 0 amide bonds. The van der Waals surface area contributed by atoms with Gasteiger partial charge in [-0.15, -0.1) is 0 Å². The van der Waals surface area contributed by atoms with E-state index in [-0.39, 0.29) is 0 Å². The summed E-state index contributed by atoms with van der Waals surface area (Å²) in [7, 11) is 1.74. The summed E-state index contributed by atoms with van der Waals surface area (Å²) in [6.07, 6.45) is 0. The molecule has 1 atom stereocenters. The maximum absolute atomic E-state index is 5.41. The van der Waals surface area contributed by atoms with Crippen molar-refractivity contribution in [2.75, 3.05) is 26.7 Å². The maximum atomic E-state index is 5.41. The van der Waals surface area contributed by atoms with Crippen LogP contribution in [0.4, 0.5) is 0 Å². The highest BCUT2D eigenvalue weighted by Crippen LogP contribution is 2.25. The van der Waals surface area contributed by atoms with Crippen LogP contribution < -0.4 is 10.1 Å². The van der Waals surface area contributed by atoms with E-state index in [1.807, 2.05) is 0 Å². The summed E-state index contributed by atoms with van der Waals surface area (Å²) < 4.78 is 5.41. The molecule has 0 spiro atoms. The van der Waals surface area contributed by atoms with E-state index >= 15 is 0 Å². The molecule has 1 unspecified atom stereocenters. The average molecular weight is 248 g/mol. The van der Waals surface area contributed by atoms with Crippen LogP contribution in [0.15, 0.2) is 12.1 Å². The zero-order valence-corrected chi connectivity index (χ0v) is 11.9. The fraction of sp³-hybridized carbons (Fsp3) is 0.600. The predicted molar refractivity (Wildman–Crippen MR) is 75.2 cm³/mol. The molecule has 1 N–H and O–H groups in total. The fourth-order valence-electron chi connectivity index (χ4n) is 2.87. The number of rotatable bonds is 3. The lowest BCUT2D eigenvalue weighted by molar-refractivity contribution is 0.199. The first-order chi connectivity index (χ1) is 8.60. The molecule has 0 saturated carbocycles. The SMILES string of the molecule is COc1c(C)cc(CN2CCNC(C)C2)cc1C. The summed E-state index contributed by atoms with van der Waals surface area (Å²) in [5.41, 5.74) is 3.85. The lowest BCUT2D eigenvalue weighted by Crippen LogP contribution is -2.48. The molecule has 1 heterocycles. The molecule has 1 aliphatic rings. The Kier molecular flexibility index (Phi) is 4.25. The highest BCUT2D eigenvalue weighted by atomic mass is 16.5. The van der Waals surface area contributed by atoms with E-state index in [2.05, 4.69) is 43.1 Å². The largest absolute Gasteiger partial charge is 0.496 e. The summed E-state index contributed by atoms with van der Waals surface area (Å²) >= 11 is 0. The van der Waals surface area contributed by atoms with E-state index in [0.717, 1.165) is 31.9 Å². The van der Waals surface area contributed by atoms with Gasteiger partial charge in [-0.1, -0.05) is 12.1 Å². The van der Waals surface area contributed by atoms with Gasteiger partial charge in [0.1, 0.15) is 5.75 Å². The molecular weight excluding hydrogens is 224 g/mol. The van der Waals surface area contributed by atoms with Crippen molar-refractivity contribution in [3.05, 3.63) is 28.8 Å². The standard InChI is InChI=1S/C15H24N2O/c1-11-7-14(8-12(2)15(11)18-4)10-17-6-5-16-13(3)9-17/h7-8,13,16H,5-6,9-10H2,1-4H3. The molecule has 0 aliphatic carbocycles. The van der Waals surface area contributed by atoms with Crippen molar-refractivity contribution < 1.29 is 4.74 Å². The molecule has 1 aromatic rings. The van der Waals surface area contributed by atoms with Crippen LogP contribution in [-0.2, 0) is 6.54 Å². The first-order valence-corrected chi connectivity index (χ1v) is 6.70. The second-order valence-corrected chi connectivity index (χ2v) is 5.35. The van der Waals surface area contributed by atoms with Crippen molar-refractivity contribution in [3.63, 3.8) is 0 Å². The zero-order valence-electron chi connectivity index (χ0n) is 11.9. The van der Waals surface area contributed by atoms with Gasteiger partial charge >= 0.3 is 0 Å². The molecular formula is C15H24N2O. The van der Waals surface area contributed by atoms with E-state index in [0.29, 0.717) is 6.04 Å². The molecule has 1 aliphatic heterocycles. The number of hydrogen-bond acceptors (Lipinski definition) is 3. The quantitative estimate of drug-likeness (QED) is 0.886. The van der Waals surface area contributed by atoms with Gasteiger partial charge in [0.2, 0.25) is 0 Å². The van der Waals surface area contributed by atoms with Crippen LogP contribution in [0.3, 0.4) is 0 Å². The third-order valence-corrected chi connectivity index (χ3v) is 3.58. The molecule has 1 saturated heterocycles. The van der Waals surface area contributed by atoms with Crippen LogP contribution in [0.25, 0.3) is 0 Å². The van der Waals surface area contributed by atoms with E-state index in [1.165, 1.54) is 16.7 Å². The van der Waals surface area contributed by atoms with Crippen molar-refractivity contribution >= 4 is 0 Å². The highest BCUT2D eigenvalue weighted by Gasteiger charge is 2.16. The monoisotopic (exact) mass is 248 g/mol. The molecule has 3 heteroatoms. The molecule has 0 bridgehead atoms. The third kappa shape index (κ3) is 3.03. The van der Waals surface area contributed by atoms with Gasteiger partial charge in [-0.3, -0.25) is 4.90 Å². The number of benzene rings is 1. The second-order valence-electron chi connectivity index (χ2n) is 5.35. The first kappa shape index (κ1) is 13.4. The maximum Gasteiger partial charge on any atom is 0.124 e. The van der Waals surface area contributed by atoms with Crippen molar-refractivity contribution in [2.24, 2.45) is 0 Å². The molecule has 0 aromatic heterocycles. The predicted octanol–water partition coefficient (Wildman–Crippen LogP) is 2.11. The van der Waals surface area contributed by atoms with Gasteiger partial charge in [0.05, 0.1) is 7.11 Å². The summed E-state index contributed by atoms with van der Waals surface area (Å²) in [5.74, 6) is 1.02. The van der Waals surface area contributed by atoms with Gasteiger partial charge in [-0.25, -0.2) is 0 Å². The van der Waals surface area contributed by atoms with Crippen molar-refractivity contribution in [3.8, 4) is 5.75 Å². The van der Waals surface area contributed by atoms with E-state index < -0.39 is 0 Å². The van der Waals surface area contributed by atoms with Crippen LogP contribution in [-0.4, -0.2) is 37.7 Å². The minimum absolute atomic E-state index is 0.596. The van der Waals surface area contributed by atoms with Crippen molar-refractivity contribution in [1.82, 2.24) is 10.2 Å². The number of hydrogen-bond donors (Lipinski definition) is 1. The summed E-state index contributed by atoms with van der Waals surface area (Å²) in [5, 5.41) is 3.48. The summed E-state index contributed by atoms with van der Waals surface area (Å²) in [4.78, 5) is 2.52. The Balaban J connectivity index is 2.09. The number of methoxy groups -OCH3 is 1. The topological polar surface area (TPSA) is 24.5 Å². The Morgan fingerprint density at radius 3 is 2.56 bits per heavy atom. The van der Waals surface area contributed by atoms with Crippen LogP contribution in [0.2, 0.25) is 0 Å². The van der Waals surface area contributed by atoms with E-state index in [1.54, 1.807) is 7.11 Å². The van der Waals surface area contributed by atoms with Crippen LogP contribution in [0.1, 0.15) is 23.6 Å². The van der Waals surface area contributed by atoms with Crippen LogP contribution in [0.5, 0.6) is 5.75 Å². The minimum atomic E-state index is 0.596. The average Bonchev–Trinajstić information content (AvgIpc) is 2.28. The second kappa shape index (κ2) is 5.72. The molecule has 0 radical (unpaired) electrons. The molecule has 100 valence electrons. The number of piperazine rings is 1. The van der Waals surface area contributed by atoms with Gasteiger partial charge in [0.15, 0.2) is 0 Å². The highest BCUT2D eigenvalue weighted by molar-refractivity contribution is 5.43. The first-order valence-electron chi connectivity index (χ1n) is 6.70. The lowest BCUT2D eigenvalue weighted by Gasteiger charge is -2.32. The van der Waals surface area contributed by atoms with Gasteiger partial charge in [0.25, 0.3) is 0 Å². The summed E-state index contributed by atoms with van der Waals surface area (Å²) in [6.45, 7) is 10.9. The van der Waals surface area contributed by atoms with Gasteiger partial charge in [0, 0.05) is 32.2 Å². The number of ether oxygens (including phenoxy) is 1. The van der Waals surface area contributed by atoms with E-state index in [4.69, 9.17) is 4.74 Å². The van der Waals surface area contributed by atoms with E-state index in [9.17, 15) is 0 Å². The fourth-order valence-corrected chi connectivity index (χ4v) is 2.87. The van der Waals surface area contributed by atoms with Crippen LogP contribution in [0, 0.1) is 13.8 Å². The Hall–Kier alpha value is -1.06. The van der Waals surface area contributed by atoms with Gasteiger partial charge in [-0.2, -0.15) is 0 Å². The van der Waals surface area contributed by atoms with Crippen molar-refractivity contribution in [2.45, 2.75) is 33.4 Å². The number of nitrogens with zero attached hydrogens (tertiary/aromatic N) is 1. The molecule has 3 nitrogen and oxygen atoms in total.